The zero-order valence-corrected chi connectivity index (χ0v) is 16.6. The lowest BCUT2D eigenvalue weighted by atomic mass is 10.1. The zero-order chi connectivity index (χ0) is 17.8. The van der Waals surface area contributed by atoms with Gasteiger partial charge in [0.15, 0.2) is 5.13 Å². The van der Waals surface area contributed by atoms with E-state index in [2.05, 4.69) is 59.4 Å². The number of carbonyl (C=O) groups excluding carboxylic acids is 1. The van der Waals surface area contributed by atoms with Gasteiger partial charge in [-0.25, -0.2) is 4.98 Å². The average molecular weight is 415 g/mol. The number of anilines is 1. The number of hydrogen-bond acceptors (Lipinski definition) is 3. The lowest BCUT2D eigenvalue weighted by Crippen LogP contribution is -2.11. The molecule has 0 aliphatic carbocycles. The van der Waals surface area contributed by atoms with Crippen LogP contribution in [0.15, 0.2) is 53.0 Å². The van der Waals surface area contributed by atoms with Gasteiger partial charge in [-0.1, -0.05) is 65.2 Å². The number of nitrogens with one attached hydrogen (secondary N) is 1. The first-order chi connectivity index (χ1) is 12.1. The van der Waals surface area contributed by atoms with E-state index in [0.717, 1.165) is 28.6 Å². The predicted octanol–water partition coefficient (Wildman–Crippen LogP) is 6.09. The van der Waals surface area contributed by atoms with Crippen LogP contribution in [0, 0.1) is 6.92 Å². The minimum atomic E-state index is -0.145. The molecule has 0 bridgehead atoms. The predicted molar refractivity (Wildman–Crippen MR) is 108 cm³/mol. The highest BCUT2D eigenvalue weighted by Gasteiger charge is 2.15. The molecular formula is C20H19BrN2OS. The third kappa shape index (κ3) is 4.35. The quantitative estimate of drug-likeness (QED) is 0.548. The summed E-state index contributed by atoms with van der Waals surface area (Å²) in [5.74, 6) is -0.145. The molecule has 1 N–H and O–H groups in total. The molecule has 0 saturated heterocycles. The van der Waals surface area contributed by atoms with Gasteiger partial charge in [0, 0.05) is 20.5 Å². The summed E-state index contributed by atoms with van der Waals surface area (Å²) in [6.45, 7) is 4.22. The Bertz CT molecular complexity index is 887. The molecule has 0 fully saturated rings. The van der Waals surface area contributed by atoms with E-state index in [1.54, 1.807) is 23.5 Å². The first-order valence-electron chi connectivity index (χ1n) is 8.20. The summed E-state index contributed by atoms with van der Waals surface area (Å²) in [7, 11) is 0. The largest absolute Gasteiger partial charge is 0.298 e. The van der Waals surface area contributed by atoms with Crippen LogP contribution in [0.4, 0.5) is 5.13 Å². The van der Waals surface area contributed by atoms with Gasteiger partial charge in [-0.15, -0.1) is 11.3 Å². The van der Waals surface area contributed by atoms with Crippen LogP contribution in [0.1, 0.15) is 34.1 Å². The number of aromatic nitrogens is 1. The fourth-order valence-electron chi connectivity index (χ4n) is 2.54. The molecule has 0 aliphatic rings. The van der Waals surface area contributed by atoms with Crippen molar-refractivity contribution in [3.63, 3.8) is 0 Å². The van der Waals surface area contributed by atoms with Gasteiger partial charge in [0.25, 0.3) is 5.91 Å². The van der Waals surface area contributed by atoms with Gasteiger partial charge >= 0.3 is 0 Å². The van der Waals surface area contributed by atoms with Crippen molar-refractivity contribution >= 4 is 38.3 Å². The van der Waals surface area contributed by atoms with Crippen LogP contribution in [0.5, 0.6) is 0 Å². The molecule has 5 heteroatoms. The summed E-state index contributed by atoms with van der Waals surface area (Å²) < 4.78 is 0.881. The first kappa shape index (κ1) is 17.8. The molecule has 128 valence electrons. The number of carbonyl (C=O) groups is 1. The van der Waals surface area contributed by atoms with E-state index < -0.39 is 0 Å². The molecule has 0 radical (unpaired) electrons. The highest BCUT2D eigenvalue weighted by atomic mass is 79.9. The standard InChI is InChI=1S/C20H19BrN2OS/c1-3-5-17-18(14-10-8-13(2)9-11-14)22-20(25-17)23-19(24)15-6-4-7-16(21)12-15/h4,6-12H,3,5H2,1-2H3,(H,22,23,24). The maximum absolute atomic E-state index is 12.5. The molecule has 1 amide bonds. The Morgan fingerprint density at radius 1 is 1.20 bits per heavy atom. The topological polar surface area (TPSA) is 42.0 Å². The number of aryl methyl sites for hydroxylation is 2. The maximum atomic E-state index is 12.5. The van der Waals surface area contributed by atoms with Gasteiger partial charge in [-0.3, -0.25) is 10.1 Å². The smallest absolute Gasteiger partial charge is 0.257 e. The van der Waals surface area contributed by atoms with Crippen molar-refractivity contribution in [1.29, 1.82) is 0 Å². The second kappa shape index (κ2) is 7.93. The Labute approximate surface area is 160 Å². The van der Waals surface area contributed by atoms with E-state index in [0.29, 0.717) is 10.7 Å². The van der Waals surface area contributed by atoms with Gasteiger partial charge in [0.1, 0.15) is 0 Å². The third-order valence-corrected chi connectivity index (χ3v) is 5.33. The molecule has 3 aromatic rings. The number of halogens is 1. The first-order valence-corrected chi connectivity index (χ1v) is 9.81. The van der Waals surface area contributed by atoms with Crippen LogP contribution in [0.3, 0.4) is 0 Å². The van der Waals surface area contributed by atoms with Crippen LogP contribution in [-0.2, 0) is 6.42 Å². The molecule has 3 nitrogen and oxygen atoms in total. The lowest BCUT2D eigenvalue weighted by molar-refractivity contribution is 0.102. The van der Waals surface area contributed by atoms with Crippen LogP contribution in [0.2, 0.25) is 0 Å². The molecule has 3 rings (SSSR count). The van der Waals surface area contributed by atoms with E-state index in [-0.39, 0.29) is 5.91 Å². The minimum Gasteiger partial charge on any atom is -0.298 e. The van der Waals surface area contributed by atoms with Crippen molar-refractivity contribution in [3.05, 3.63) is 69.0 Å². The van der Waals surface area contributed by atoms with Crippen molar-refractivity contribution in [2.45, 2.75) is 26.7 Å². The van der Waals surface area contributed by atoms with Gasteiger partial charge in [0.2, 0.25) is 0 Å². The molecule has 1 heterocycles. The van der Waals surface area contributed by atoms with E-state index in [1.165, 1.54) is 10.4 Å². The van der Waals surface area contributed by atoms with Crippen molar-refractivity contribution in [2.75, 3.05) is 5.32 Å². The van der Waals surface area contributed by atoms with E-state index in [9.17, 15) is 4.79 Å². The fraction of sp³-hybridized carbons (Fsp3) is 0.200. The number of rotatable bonds is 5. The van der Waals surface area contributed by atoms with Gasteiger partial charge in [-0.2, -0.15) is 0 Å². The third-order valence-electron chi connectivity index (χ3n) is 3.81. The number of hydrogen-bond donors (Lipinski definition) is 1. The normalized spacial score (nSPS) is 10.7. The summed E-state index contributed by atoms with van der Waals surface area (Å²) in [4.78, 5) is 18.4. The molecular weight excluding hydrogens is 396 g/mol. The number of amides is 1. The molecule has 1 aromatic heterocycles. The Balaban J connectivity index is 1.88. The zero-order valence-electron chi connectivity index (χ0n) is 14.2. The minimum absolute atomic E-state index is 0.145. The number of thiazole rings is 1. The summed E-state index contributed by atoms with van der Waals surface area (Å²) in [6.07, 6.45) is 1.99. The second-order valence-electron chi connectivity index (χ2n) is 5.87. The van der Waals surface area contributed by atoms with Gasteiger partial charge < -0.3 is 0 Å². The van der Waals surface area contributed by atoms with E-state index in [4.69, 9.17) is 4.98 Å². The molecule has 2 aromatic carbocycles. The summed E-state index contributed by atoms with van der Waals surface area (Å²) in [5.41, 5.74) is 3.89. The molecule has 0 unspecified atom stereocenters. The number of benzene rings is 2. The SMILES string of the molecule is CCCc1sc(NC(=O)c2cccc(Br)c2)nc1-c1ccc(C)cc1. The Morgan fingerprint density at radius 3 is 2.64 bits per heavy atom. The Morgan fingerprint density at radius 2 is 1.96 bits per heavy atom. The van der Waals surface area contributed by atoms with Crippen LogP contribution in [0.25, 0.3) is 11.3 Å². The Kier molecular flexibility index (Phi) is 5.66. The van der Waals surface area contributed by atoms with Crippen molar-refractivity contribution in [3.8, 4) is 11.3 Å². The van der Waals surface area contributed by atoms with Gasteiger partial charge in [0.05, 0.1) is 5.69 Å². The monoisotopic (exact) mass is 414 g/mol. The van der Waals surface area contributed by atoms with E-state index >= 15 is 0 Å². The Hall–Kier alpha value is -1.98. The summed E-state index contributed by atoms with van der Waals surface area (Å²) >= 11 is 4.95. The van der Waals surface area contributed by atoms with Gasteiger partial charge in [-0.05, 0) is 31.5 Å². The highest BCUT2D eigenvalue weighted by molar-refractivity contribution is 9.10. The van der Waals surface area contributed by atoms with Crippen molar-refractivity contribution in [1.82, 2.24) is 4.98 Å². The molecule has 0 aliphatic heterocycles. The summed E-state index contributed by atoms with van der Waals surface area (Å²) in [6, 6.07) is 15.7. The van der Waals surface area contributed by atoms with Crippen LogP contribution in [-0.4, -0.2) is 10.9 Å². The average Bonchev–Trinajstić information content (AvgIpc) is 2.98. The highest BCUT2D eigenvalue weighted by Crippen LogP contribution is 2.32. The van der Waals surface area contributed by atoms with Crippen molar-refractivity contribution in [2.24, 2.45) is 0 Å². The van der Waals surface area contributed by atoms with Crippen LogP contribution < -0.4 is 5.32 Å². The summed E-state index contributed by atoms with van der Waals surface area (Å²) in [5, 5.41) is 3.58. The number of nitrogens with zero attached hydrogens (tertiary/aromatic N) is 1. The fourth-order valence-corrected chi connectivity index (χ4v) is 4.02. The maximum Gasteiger partial charge on any atom is 0.257 e. The second-order valence-corrected chi connectivity index (χ2v) is 7.87. The molecule has 0 spiro atoms. The van der Waals surface area contributed by atoms with Crippen LogP contribution >= 0.6 is 27.3 Å². The lowest BCUT2D eigenvalue weighted by Gasteiger charge is -2.02. The molecule has 25 heavy (non-hydrogen) atoms. The van der Waals surface area contributed by atoms with Crippen molar-refractivity contribution < 1.29 is 4.79 Å². The molecule has 0 atom stereocenters. The van der Waals surface area contributed by atoms with E-state index in [1.807, 2.05) is 12.1 Å². The molecule has 0 saturated carbocycles.